The Bertz CT molecular complexity index is 412. The predicted octanol–water partition coefficient (Wildman–Crippen LogP) is 2.31. The van der Waals surface area contributed by atoms with Crippen molar-refractivity contribution in [3.05, 3.63) is 35.9 Å². The molecule has 3 heteroatoms. The molecule has 1 amide bonds. The number of likely N-dealkylation sites (tertiary alicyclic amines) is 1. The second-order valence-corrected chi connectivity index (χ2v) is 5.71. The predicted molar refractivity (Wildman–Crippen MR) is 77.9 cm³/mol. The summed E-state index contributed by atoms with van der Waals surface area (Å²) in [7, 11) is 0. The lowest BCUT2D eigenvalue weighted by atomic mass is 9.78. The summed E-state index contributed by atoms with van der Waals surface area (Å²) >= 11 is 0. The fourth-order valence-electron chi connectivity index (χ4n) is 2.78. The third kappa shape index (κ3) is 3.35. The highest BCUT2D eigenvalue weighted by atomic mass is 16.1. The second-order valence-electron chi connectivity index (χ2n) is 5.71. The van der Waals surface area contributed by atoms with E-state index < -0.39 is 5.41 Å². The van der Waals surface area contributed by atoms with E-state index in [1.54, 1.807) is 0 Å². The lowest BCUT2D eigenvalue weighted by molar-refractivity contribution is -0.123. The minimum atomic E-state index is -0.557. The van der Waals surface area contributed by atoms with Crippen molar-refractivity contribution in [2.45, 2.75) is 38.0 Å². The van der Waals surface area contributed by atoms with Gasteiger partial charge < -0.3 is 10.6 Å². The first-order valence-corrected chi connectivity index (χ1v) is 7.21. The summed E-state index contributed by atoms with van der Waals surface area (Å²) in [5.41, 5.74) is 6.13. The molecule has 1 unspecified atom stereocenters. The molecule has 19 heavy (non-hydrogen) atoms. The highest BCUT2D eigenvalue weighted by molar-refractivity contribution is 5.86. The van der Waals surface area contributed by atoms with Crippen molar-refractivity contribution < 1.29 is 4.79 Å². The lowest BCUT2D eigenvalue weighted by Crippen LogP contribution is -2.42. The zero-order chi connectivity index (χ0) is 13.7. The molecule has 1 aromatic rings. The van der Waals surface area contributed by atoms with Crippen LogP contribution in [0.2, 0.25) is 0 Å². The molecule has 104 valence electrons. The molecule has 0 aromatic heterocycles. The standard InChI is InChI=1S/C16H24N2O/c1-16(15(17)19,14-8-4-2-5-9-14)10-13-18-11-6-3-7-12-18/h2,4-5,8-9H,3,6-7,10-13H2,1H3,(H2,17,19). The summed E-state index contributed by atoms with van der Waals surface area (Å²) in [6.07, 6.45) is 4.69. The molecule has 0 saturated carbocycles. The minimum Gasteiger partial charge on any atom is -0.369 e. The third-order valence-electron chi connectivity index (χ3n) is 4.33. The van der Waals surface area contributed by atoms with E-state index in [9.17, 15) is 4.79 Å². The summed E-state index contributed by atoms with van der Waals surface area (Å²) in [6.45, 7) is 5.23. The molecule has 1 aliphatic heterocycles. The second kappa shape index (κ2) is 6.20. The molecular formula is C16H24N2O. The van der Waals surface area contributed by atoms with Gasteiger partial charge in [0.05, 0.1) is 5.41 Å². The van der Waals surface area contributed by atoms with Crippen molar-refractivity contribution in [1.29, 1.82) is 0 Å². The van der Waals surface area contributed by atoms with Gasteiger partial charge in [0.1, 0.15) is 0 Å². The molecule has 0 bridgehead atoms. The number of hydrogen-bond acceptors (Lipinski definition) is 2. The summed E-state index contributed by atoms with van der Waals surface area (Å²) in [6, 6.07) is 9.91. The number of nitrogens with two attached hydrogens (primary N) is 1. The van der Waals surface area contributed by atoms with Gasteiger partial charge in [0.25, 0.3) is 0 Å². The van der Waals surface area contributed by atoms with Crippen LogP contribution in [0.25, 0.3) is 0 Å². The number of rotatable bonds is 5. The Kier molecular flexibility index (Phi) is 4.59. The lowest BCUT2D eigenvalue weighted by Gasteiger charge is -2.32. The molecule has 1 aliphatic rings. The van der Waals surface area contributed by atoms with Gasteiger partial charge >= 0.3 is 0 Å². The van der Waals surface area contributed by atoms with E-state index in [0.717, 1.165) is 31.6 Å². The number of benzene rings is 1. The van der Waals surface area contributed by atoms with Crippen molar-refractivity contribution in [2.24, 2.45) is 5.73 Å². The SMILES string of the molecule is CC(CCN1CCCCC1)(C(N)=O)c1ccccc1. The summed E-state index contributed by atoms with van der Waals surface area (Å²) < 4.78 is 0. The van der Waals surface area contributed by atoms with Crippen LogP contribution in [0.4, 0.5) is 0 Å². The van der Waals surface area contributed by atoms with E-state index in [0.29, 0.717) is 0 Å². The van der Waals surface area contributed by atoms with Gasteiger partial charge in [-0.2, -0.15) is 0 Å². The van der Waals surface area contributed by atoms with Crippen LogP contribution in [-0.2, 0) is 10.2 Å². The van der Waals surface area contributed by atoms with E-state index in [-0.39, 0.29) is 5.91 Å². The topological polar surface area (TPSA) is 46.3 Å². The van der Waals surface area contributed by atoms with Crippen LogP contribution >= 0.6 is 0 Å². The van der Waals surface area contributed by atoms with E-state index in [2.05, 4.69) is 4.90 Å². The number of hydrogen-bond donors (Lipinski definition) is 1. The Labute approximate surface area is 115 Å². The largest absolute Gasteiger partial charge is 0.369 e. The minimum absolute atomic E-state index is 0.226. The number of piperidine rings is 1. The molecule has 0 spiro atoms. The summed E-state index contributed by atoms with van der Waals surface area (Å²) in [4.78, 5) is 14.4. The van der Waals surface area contributed by atoms with Crippen LogP contribution in [0.3, 0.4) is 0 Å². The van der Waals surface area contributed by atoms with E-state index >= 15 is 0 Å². The molecule has 1 atom stereocenters. The van der Waals surface area contributed by atoms with E-state index in [4.69, 9.17) is 5.73 Å². The Morgan fingerprint density at radius 1 is 1.21 bits per heavy atom. The first-order chi connectivity index (χ1) is 9.13. The highest BCUT2D eigenvalue weighted by Crippen LogP contribution is 2.28. The molecule has 2 rings (SSSR count). The summed E-state index contributed by atoms with van der Waals surface area (Å²) in [5, 5.41) is 0. The molecule has 1 saturated heterocycles. The Hall–Kier alpha value is -1.35. The number of amides is 1. The first-order valence-electron chi connectivity index (χ1n) is 7.21. The number of carbonyl (C=O) groups excluding carboxylic acids is 1. The fraction of sp³-hybridized carbons (Fsp3) is 0.562. The molecule has 0 aliphatic carbocycles. The van der Waals surface area contributed by atoms with Crippen LogP contribution in [0.5, 0.6) is 0 Å². The van der Waals surface area contributed by atoms with E-state index in [1.165, 1.54) is 19.3 Å². The average molecular weight is 260 g/mol. The van der Waals surface area contributed by atoms with Crippen molar-refractivity contribution in [3.8, 4) is 0 Å². The van der Waals surface area contributed by atoms with Gasteiger partial charge in [-0.3, -0.25) is 4.79 Å². The summed E-state index contributed by atoms with van der Waals surface area (Å²) in [5.74, 6) is -0.226. The monoisotopic (exact) mass is 260 g/mol. The molecule has 0 radical (unpaired) electrons. The third-order valence-corrected chi connectivity index (χ3v) is 4.33. The van der Waals surface area contributed by atoms with Gasteiger partial charge in [-0.25, -0.2) is 0 Å². The van der Waals surface area contributed by atoms with Gasteiger partial charge in [0.2, 0.25) is 5.91 Å². The number of nitrogens with zero attached hydrogens (tertiary/aromatic N) is 1. The van der Waals surface area contributed by atoms with Gasteiger partial charge in [0.15, 0.2) is 0 Å². The Morgan fingerprint density at radius 3 is 2.42 bits per heavy atom. The maximum Gasteiger partial charge on any atom is 0.227 e. The zero-order valence-electron chi connectivity index (χ0n) is 11.8. The smallest absolute Gasteiger partial charge is 0.227 e. The van der Waals surface area contributed by atoms with Crippen molar-refractivity contribution in [2.75, 3.05) is 19.6 Å². The molecule has 1 aromatic carbocycles. The van der Waals surface area contributed by atoms with E-state index in [1.807, 2.05) is 37.3 Å². The molecule has 1 fully saturated rings. The van der Waals surface area contributed by atoms with Crippen molar-refractivity contribution >= 4 is 5.91 Å². The first kappa shape index (κ1) is 14.1. The van der Waals surface area contributed by atoms with Gasteiger partial charge in [-0.05, 0) is 51.4 Å². The van der Waals surface area contributed by atoms with Crippen LogP contribution in [-0.4, -0.2) is 30.4 Å². The van der Waals surface area contributed by atoms with Crippen molar-refractivity contribution in [3.63, 3.8) is 0 Å². The molecule has 1 heterocycles. The van der Waals surface area contributed by atoms with Gasteiger partial charge in [-0.15, -0.1) is 0 Å². The Morgan fingerprint density at radius 2 is 1.84 bits per heavy atom. The molecule has 3 nitrogen and oxygen atoms in total. The molecule has 2 N–H and O–H groups in total. The normalized spacial score (nSPS) is 19.8. The average Bonchev–Trinajstić information content (AvgIpc) is 2.46. The quantitative estimate of drug-likeness (QED) is 0.883. The fourth-order valence-corrected chi connectivity index (χ4v) is 2.78. The van der Waals surface area contributed by atoms with Crippen LogP contribution in [0.1, 0.15) is 38.2 Å². The zero-order valence-corrected chi connectivity index (χ0v) is 11.8. The van der Waals surface area contributed by atoms with Crippen LogP contribution in [0, 0.1) is 0 Å². The Balaban J connectivity index is 2.05. The van der Waals surface area contributed by atoms with Gasteiger partial charge in [0, 0.05) is 0 Å². The maximum atomic E-state index is 11.9. The van der Waals surface area contributed by atoms with Crippen LogP contribution < -0.4 is 5.73 Å². The van der Waals surface area contributed by atoms with Crippen LogP contribution in [0.15, 0.2) is 30.3 Å². The maximum absolute atomic E-state index is 11.9. The highest BCUT2D eigenvalue weighted by Gasteiger charge is 2.33. The molecular weight excluding hydrogens is 236 g/mol. The number of primary amides is 1. The van der Waals surface area contributed by atoms with Crippen molar-refractivity contribution in [1.82, 2.24) is 4.90 Å². The number of carbonyl (C=O) groups is 1. The van der Waals surface area contributed by atoms with Gasteiger partial charge in [-0.1, -0.05) is 36.8 Å².